The van der Waals surface area contributed by atoms with E-state index in [0.29, 0.717) is 25.7 Å². The number of hydrogen-bond donors (Lipinski definition) is 1. The third-order valence-electron chi connectivity index (χ3n) is 7.85. The highest BCUT2D eigenvalue weighted by atomic mass is 16.5. The fourth-order valence-electron chi connectivity index (χ4n) is 5.91. The van der Waals surface area contributed by atoms with Crippen molar-refractivity contribution in [2.24, 2.45) is 0 Å². The molecule has 0 spiro atoms. The molecule has 6 heteroatoms. The summed E-state index contributed by atoms with van der Waals surface area (Å²) < 4.78 is 5.50. The highest BCUT2D eigenvalue weighted by Gasteiger charge is 2.31. The number of benzene rings is 1. The number of amides is 1. The van der Waals surface area contributed by atoms with Crippen LogP contribution in [0.2, 0.25) is 0 Å². The summed E-state index contributed by atoms with van der Waals surface area (Å²) in [6.45, 7) is 5.67. The summed E-state index contributed by atoms with van der Waals surface area (Å²) in [4.78, 5) is 19.9. The van der Waals surface area contributed by atoms with Gasteiger partial charge in [-0.1, -0.05) is 24.3 Å². The van der Waals surface area contributed by atoms with Crippen LogP contribution in [-0.2, 0) is 22.5 Å². The second kappa shape index (κ2) is 10.00. The van der Waals surface area contributed by atoms with E-state index in [2.05, 4.69) is 40.1 Å². The van der Waals surface area contributed by atoms with E-state index in [1.807, 2.05) is 4.90 Å². The number of aliphatic hydroxyl groups excluding tert-OH is 1. The minimum atomic E-state index is -0.516. The van der Waals surface area contributed by atoms with Crippen molar-refractivity contribution in [2.75, 3.05) is 46.4 Å². The molecule has 1 N–H and O–H groups in total. The van der Waals surface area contributed by atoms with Gasteiger partial charge in [-0.25, -0.2) is 0 Å². The zero-order valence-electron chi connectivity index (χ0n) is 19.8. The molecule has 1 atom stereocenters. The van der Waals surface area contributed by atoms with Crippen molar-refractivity contribution in [1.82, 2.24) is 14.7 Å². The van der Waals surface area contributed by atoms with Gasteiger partial charge in [0, 0.05) is 64.2 Å². The molecule has 0 unspecified atom stereocenters. The molecule has 1 aromatic carbocycles. The molecule has 178 valence electrons. The second-order valence-electron chi connectivity index (χ2n) is 9.97. The first-order valence-corrected chi connectivity index (χ1v) is 12.6. The Labute approximate surface area is 197 Å². The van der Waals surface area contributed by atoms with E-state index in [1.54, 1.807) is 7.11 Å². The van der Waals surface area contributed by atoms with Crippen LogP contribution >= 0.6 is 0 Å². The SMILES string of the molecule is COC1CCN(C2=CC3=C(CC2)C(=O)N(C[C@H](O)CN2CCc4ccccc4C2)CC3)CC1. The number of likely N-dealkylation sites (tertiary alicyclic amines) is 1. The molecule has 4 aliphatic rings. The summed E-state index contributed by atoms with van der Waals surface area (Å²) in [6.07, 6.45) is 7.98. The van der Waals surface area contributed by atoms with Crippen molar-refractivity contribution in [3.8, 4) is 0 Å². The van der Waals surface area contributed by atoms with Crippen molar-refractivity contribution in [3.05, 3.63) is 58.3 Å². The number of carbonyl (C=O) groups is 1. The van der Waals surface area contributed by atoms with E-state index in [-0.39, 0.29) is 5.91 Å². The van der Waals surface area contributed by atoms with Gasteiger partial charge in [-0.3, -0.25) is 9.69 Å². The zero-order chi connectivity index (χ0) is 22.8. The average molecular weight is 452 g/mol. The van der Waals surface area contributed by atoms with Gasteiger partial charge in [-0.15, -0.1) is 0 Å². The van der Waals surface area contributed by atoms with Gasteiger partial charge in [0.05, 0.1) is 12.2 Å². The van der Waals surface area contributed by atoms with Crippen molar-refractivity contribution in [2.45, 2.75) is 57.3 Å². The van der Waals surface area contributed by atoms with Crippen molar-refractivity contribution in [1.29, 1.82) is 0 Å². The van der Waals surface area contributed by atoms with E-state index in [4.69, 9.17) is 4.74 Å². The number of allylic oxidation sites excluding steroid dienone is 2. The number of rotatable bonds is 6. The monoisotopic (exact) mass is 451 g/mol. The first-order valence-electron chi connectivity index (χ1n) is 12.6. The summed E-state index contributed by atoms with van der Waals surface area (Å²) in [7, 11) is 1.80. The number of ether oxygens (including phenoxy) is 1. The molecule has 0 bridgehead atoms. The molecule has 1 saturated heterocycles. The van der Waals surface area contributed by atoms with Crippen molar-refractivity contribution < 1.29 is 14.6 Å². The Balaban J connectivity index is 1.16. The molecule has 3 aliphatic heterocycles. The molecule has 33 heavy (non-hydrogen) atoms. The minimum Gasteiger partial charge on any atom is -0.390 e. The normalized spacial score (nSPS) is 23.3. The first-order chi connectivity index (χ1) is 16.1. The van der Waals surface area contributed by atoms with Crippen LogP contribution in [0.25, 0.3) is 0 Å². The summed E-state index contributed by atoms with van der Waals surface area (Å²) in [5.74, 6) is 0.132. The van der Waals surface area contributed by atoms with Crippen LogP contribution in [0.5, 0.6) is 0 Å². The fourth-order valence-corrected chi connectivity index (χ4v) is 5.91. The van der Waals surface area contributed by atoms with Gasteiger partial charge in [0.25, 0.3) is 0 Å². The van der Waals surface area contributed by atoms with E-state index in [9.17, 15) is 9.90 Å². The highest BCUT2D eigenvalue weighted by molar-refractivity contribution is 5.96. The number of fused-ring (bicyclic) bond motifs is 1. The Bertz CT molecular complexity index is 932. The van der Waals surface area contributed by atoms with Crippen LogP contribution in [0.4, 0.5) is 0 Å². The summed E-state index contributed by atoms with van der Waals surface area (Å²) in [5, 5.41) is 10.8. The molecule has 6 nitrogen and oxygen atoms in total. The summed E-state index contributed by atoms with van der Waals surface area (Å²) >= 11 is 0. The van der Waals surface area contributed by atoms with E-state index in [1.165, 1.54) is 22.4 Å². The van der Waals surface area contributed by atoms with Crippen molar-refractivity contribution >= 4 is 5.91 Å². The standard InChI is InChI=1S/C27H37N3O3/c1-33-25-10-14-29(15-11-25)23-6-7-26-21(16-23)9-13-30(27(26)32)19-24(31)18-28-12-8-20-4-2-3-5-22(20)17-28/h2-5,16,24-25,31H,6-15,17-19H2,1H3/t24-/m1/s1. The maximum Gasteiger partial charge on any atom is 0.250 e. The Morgan fingerprint density at radius 2 is 1.79 bits per heavy atom. The molecule has 3 heterocycles. The average Bonchev–Trinajstić information content (AvgIpc) is 2.85. The largest absolute Gasteiger partial charge is 0.390 e. The molecule has 0 radical (unpaired) electrons. The lowest BCUT2D eigenvalue weighted by Crippen LogP contribution is -2.46. The molecule has 1 aromatic rings. The van der Waals surface area contributed by atoms with Crippen LogP contribution in [0, 0.1) is 0 Å². The molecule has 0 saturated carbocycles. The zero-order valence-corrected chi connectivity index (χ0v) is 19.8. The smallest absolute Gasteiger partial charge is 0.250 e. The lowest BCUT2D eigenvalue weighted by molar-refractivity contribution is -0.129. The van der Waals surface area contributed by atoms with Gasteiger partial charge in [-0.05, 0) is 61.3 Å². The maximum atomic E-state index is 13.2. The van der Waals surface area contributed by atoms with Gasteiger partial charge in [0.1, 0.15) is 0 Å². The van der Waals surface area contributed by atoms with Gasteiger partial charge < -0.3 is 19.6 Å². The third-order valence-corrected chi connectivity index (χ3v) is 7.85. The molecule has 5 rings (SSSR count). The Morgan fingerprint density at radius 3 is 2.58 bits per heavy atom. The minimum absolute atomic E-state index is 0.132. The Hall–Kier alpha value is -2.15. The fraction of sp³-hybridized carbons (Fsp3) is 0.593. The van der Waals surface area contributed by atoms with Gasteiger partial charge >= 0.3 is 0 Å². The van der Waals surface area contributed by atoms with Crippen LogP contribution in [0.3, 0.4) is 0 Å². The second-order valence-corrected chi connectivity index (χ2v) is 9.97. The number of methoxy groups -OCH3 is 1. The molecule has 0 aromatic heterocycles. The number of aliphatic hydroxyl groups is 1. The van der Waals surface area contributed by atoms with Gasteiger partial charge in [0.15, 0.2) is 0 Å². The van der Waals surface area contributed by atoms with Crippen molar-refractivity contribution in [3.63, 3.8) is 0 Å². The number of hydrogen-bond acceptors (Lipinski definition) is 5. The predicted octanol–water partition coefficient (Wildman–Crippen LogP) is 2.72. The molecule has 1 aliphatic carbocycles. The number of β-amino-alcohol motifs (C(OH)–C–C–N with tert-alkyl or cyclic N) is 1. The molecular weight excluding hydrogens is 414 g/mol. The third kappa shape index (κ3) is 5.03. The molecule has 1 fully saturated rings. The highest BCUT2D eigenvalue weighted by Crippen LogP contribution is 2.33. The summed E-state index contributed by atoms with van der Waals surface area (Å²) in [5.41, 5.74) is 6.34. The van der Waals surface area contributed by atoms with Crippen LogP contribution in [0.1, 0.15) is 43.2 Å². The lowest BCUT2D eigenvalue weighted by atomic mass is 9.88. The topological polar surface area (TPSA) is 56.3 Å². The quantitative estimate of drug-likeness (QED) is 0.721. The Morgan fingerprint density at radius 1 is 1.00 bits per heavy atom. The molecular formula is C27H37N3O3. The number of nitrogens with zero attached hydrogens (tertiary/aromatic N) is 3. The number of piperidine rings is 1. The van der Waals surface area contributed by atoms with E-state index in [0.717, 1.165) is 70.3 Å². The predicted molar refractivity (Wildman–Crippen MR) is 129 cm³/mol. The van der Waals surface area contributed by atoms with E-state index < -0.39 is 6.10 Å². The summed E-state index contributed by atoms with van der Waals surface area (Å²) in [6, 6.07) is 8.57. The number of carbonyl (C=O) groups excluding carboxylic acids is 1. The molecule has 1 amide bonds. The van der Waals surface area contributed by atoms with E-state index >= 15 is 0 Å². The van der Waals surface area contributed by atoms with Gasteiger partial charge in [-0.2, -0.15) is 0 Å². The van der Waals surface area contributed by atoms with Crippen LogP contribution in [-0.4, -0.2) is 84.3 Å². The van der Waals surface area contributed by atoms with Crippen LogP contribution in [0.15, 0.2) is 47.2 Å². The maximum absolute atomic E-state index is 13.2. The Kier molecular flexibility index (Phi) is 6.86. The first kappa shape index (κ1) is 22.6. The lowest BCUT2D eigenvalue weighted by Gasteiger charge is -2.38. The van der Waals surface area contributed by atoms with Gasteiger partial charge in [0.2, 0.25) is 5.91 Å². The van der Waals surface area contributed by atoms with Crippen LogP contribution < -0.4 is 0 Å².